The van der Waals surface area contributed by atoms with Crippen LogP contribution in [0.1, 0.15) is 67.4 Å². The summed E-state index contributed by atoms with van der Waals surface area (Å²) in [5, 5.41) is 9.95. The van der Waals surface area contributed by atoms with E-state index in [0.717, 1.165) is 24.8 Å². The molecule has 0 fully saturated rings. The van der Waals surface area contributed by atoms with Crippen molar-refractivity contribution in [3.8, 4) is 34.8 Å². The molecule has 1 unspecified atom stereocenters. The Morgan fingerprint density at radius 2 is 1.68 bits per heavy atom. The molecule has 1 aliphatic heterocycles. The lowest BCUT2D eigenvalue weighted by molar-refractivity contribution is 0.0734. The van der Waals surface area contributed by atoms with Crippen LogP contribution in [0.25, 0.3) is 0 Å². The van der Waals surface area contributed by atoms with E-state index in [-0.39, 0.29) is 17.2 Å². The summed E-state index contributed by atoms with van der Waals surface area (Å²) in [6, 6.07) is 19.7. The van der Waals surface area contributed by atoms with Crippen LogP contribution in [0.4, 0.5) is 0 Å². The quantitative estimate of drug-likeness (QED) is 0.157. The molecule has 4 rings (SSSR count). The van der Waals surface area contributed by atoms with Gasteiger partial charge in [-0.05, 0) is 67.8 Å². The van der Waals surface area contributed by atoms with Crippen molar-refractivity contribution in [1.82, 2.24) is 0 Å². The van der Waals surface area contributed by atoms with Gasteiger partial charge in [-0.1, -0.05) is 32.4 Å². The fourth-order valence-electron chi connectivity index (χ4n) is 4.33. The molecule has 0 saturated carbocycles. The van der Waals surface area contributed by atoms with Gasteiger partial charge in [0.2, 0.25) is 5.88 Å². The van der Waals surface area contributed by atoms with Crippen molar-refractivity contribution in [3.63, 3.8) is 0 Å². The third kappa shape index (κ3) is 6.49. The first kappa shape index (κ1) is 28.4. The normalized spacial score (nSPS) is 14.0. The highest BCUT2D eigenvalue weighted by Gasteiger charge is 2.32. The van der Waals surface area contributed by atoms with Crippen LogP contribution in [0.5, 0.6) is 28.7 Å². The van der Waals surface area contributed by atoms with Gasteiger partial charge in [0.05, 0.1) is 31.3 Å². The third-order valence-electron chi connectivity index (χ3n) is 6.32. The Kier molecular flexibility index (Phi) is 9.53. The highest BCUT2D eigenvalue weighted by atomic mass is 16.5. The van der Waals surface area contributed by atoms with Crippen LogP contribution in [0.2, 0.25) is 0 Å². The van der Waals surface area contributed by atoms with Crippen molar-refractivity contribution < 1.29 is 28.5 Å². The SMILES string of the molecule is CCCCOc1ccc(C2C(C#N)=C(N)Oc3cc(OC(=O)c4ccc(OCCC)cc4)ccc32)cc1OCC. The molecule has 1 aliphatic rings. The Morgan fingerprint density at radius 3 is 2.38 bits per heavy atom. The number of unbranched alkanes of at least 4 members (excludes halogenated alkanes) is 1. The van der Waals surface area contributed by atoms with E-state index >= 15 is 0 Å². The van der Waals surface area contributed by atoms with E-state index in [4.69, 9.17) is 29.4 Å². The molecular formula is C32H34N2O6. The zero-order valence-corrected chi connectivity index (χ0v) is 23.1. The molecule has 0 spiro atoms. The van der Waals surface area contributed by atoms with Gasteiger partial charge < -0.3 is 29.4 Å². The number of carbonyl (C=O) groups excluding carboxylic acids is 1. The highest BCUT2D eigenvalue weighted by Crippen LogP contribution is 2.45. The summed E-state index contributed by atoms with van der Waals surface area (Å²) in [7, 11) is 0. The number of benzene rings is 3. The molecule has 3 aromatic rings. The third-order valence-corrected chi connectivity index (χ3v) is 6.32. The monoisotopic (exact) mass is 542 g/mol. The van der Waals surface area contributed by atoms with Crippen LogP contribution in [0.3, 0.4) is 0 Å². The molecule has 1 atom stereocenters. The number of nitriles is 1. The lowest BCUT2D eigenvalue weighted by Gasteiger charge is -2.27. The number of esters is 1. The average Bonchev–Trinajstić information content (AvgIpc) is 2.96. The first-order chi connectivity index (χ1) is 19.5. The smallest absolute Gasteiger partial charge is 0.343 e. The van der Waals surface area contributed by atoms with E-state index in [0.29, 0.717) is 53.9 Å². The van der Waals surface area contributed by atoms with Crippen molar-refractivity contribution in [2.45, 2.75) is 46.0 Å². The summed E-state index contributed by atoms with van der Waals surface area (Å²) in [6.45, 7) is 7.69. The van der Waals surface area contributed by atoms with Gasteiger partial charge in [-0.2, -0.15) is 5.26 Å². The van der Waals surface area contributed by atoms with Gasteiger partial charge in [0.25, 0.3) is 0 Å². The van der Waals surface area contributed by atoms with E-state index < -0.39 is 11.9 Å². The largest absolute Gasteiger partial charge is 0.494 e. The number of rotatable bonds is 12. The van der Waals surface area contributed by atoms with E-state index in [1.165, 1.54) is 0 Å². The number of carbonyl (C=O) groups is 1. The van der Waals surface area contributed by atoms with E-state index in [1.54, 1.807) is 42.5 Å². The lowest BCUT2D eigenvalue weighted by Crippen LogP contribution is -2.21. The summed E-state index contributed by atoms with van der Waals surface area (Å²) in [4.78, 5) is 12.8. The second-order valence-corrected chi connectivity index (χ2v) is 9.23. The molecule has 0 aromatic heterocycles. The highest BCUT2D eigenvalue weighted by molar-refractivity contribution is 5.91. The maximum atomic E-state index is 12.8. The van der Waals surface area contributed by atoms with E-state index in [9.17, 15) is 10.1 Å². The predicted molar refractivity (Wildman–Crippen MR) is 151 cm³/mol. The van der Waals surface area contributed by atoms with Crippen molar-refractivity contribution >= 4 is 5.97 Å². The minimum atomic E-state index is -0.518. The van der Waals surface area contributed by atoms with Crippen LogP contribution in [-0.4, -0.2) is 25.8 Å². The average molecular weight is 543 g/mol. The van der Waals surface area contributed by atoms with Gasteiger partial charge in [0.15, 0.2) is 11.5 Å². The van der Waals surface area contributed by atoms with Crippen molar-refractivity contribution in [2.75, 3.05) is 19.8 Å². The van der Waals surface area contributed by atoms with Gasteiger partial charge in [-0.15, -0.1) is 0 Å². The van der Waals surface area contributed by atoms with Crippen LogP contribution in [0, 0.1) is 11.3 Å². The van der Waals surface area contributed by atoms with Gasteiger partial charge in [-0.3, -0.25) is 0 Å². The Bertz CT molecular complexity index is 1410. The fraction of sp³-hybridized carbons (Fsp3) is 0.312. The first-order valence-corrected chi connectivity index (χ1v) is 13.5. The molecule has 0 aliphatic carbocycles. The second-order valence-electron chi connectivity index (χ2n) is 9.23. The molecule has 8 nitrogen and oxygen atoms in total. The minimum absolute atomic E-state index is 0.00706. The van der Waals surface area contributed by atoms with Crippen molar-refractivity contribution in [1.29, 1.82) is 5.26 Å². The summed E-state index contributed by atoms with van der Waals surface area (Å²) < 4.78 is 28.8. The van der Waals surface area contributed by atoms with Gasteiger partial charge in [-0.25, -0.2) is 4.79 Å². The molecule has 1 heterocycles. The molecule has 0 amide bonds. The number of ether oxygens (including phenoxy) is 5. The topological polar surface area (TPSA) is 113 Å². The Hall–Kier alpha value is -4.64. The van der Waals surface area contributed by atoms with Crippen molar-refractivity contribution in [3.05, 3.63) is 88.8 Å². The Balaban J connectivity index is 1.60. The molecule has 3 aromatic carbocycles. The molecule has 40 heavy (non-hydrogen) atoms. The number of nitrogens with zero attached hydrogens (tertiary/aromatic N) is 1. The van der Waals surface area contributed by atoms with Crippen LogP contribution in [0.15, 0.2) is 72.1 Å². The summed E-state index contributed by atoms with van der Waals surface area (Å²) in [5.74, 6) is 1.59. The molecule has 0 saturated heterocycles. The van der Waals surface area contributed by atoms with E-state index in [1.807, 2.05) is 32.0 Å². The molecular weight excluding hydrogens is 508 g/mol. The molecule has 208 valence electrons. The molecule has 2 N–H and O–H groups in total. The maximum absolute atomic E-state index is 12.8. The zero-order chi connectivity index (χ0) is 28.5. The number of nitrogens with two attached hydrogens (primary N) is 1. The first-order valence-electron chi connectivity index (χ1n) is 13.5. The zero-order valence-electron chi connectivity index (χ0n) is 23.1. The Labute approximate surface area is 234 Å². The number of fused-ring (bicyclic) bond motifs is 1. The van der Waals surface area contributed by atoms with Gasteiger partial charge in [0.1, 0.15) is 28.9 Å². The fourth-order valence-corrected chi connectivity index (χ4v) is 4.33. The van der Waals surface area contributed by atoms with Gasteiger partial charge in [0, 0.05) is 11.6 Å². The predicted octanol–water partition coefficient (Wildman–Crippen LogP) is 6.49. The number of hydrogen-bond acceptors (Lipinski definition) is 8. The van der Waals surface area contributed by atoms with E-state index in [2.05, 4.69) is 13.0 Å². The van der Waals surface area contributed by atoms with Crippen LogP contribution < -0.4 is 29.4 Å². The van der Waals surface area contributed by atoms with Crippen molar-refractivity contribution in [2.24, 2.45) is 5.73 Å². The van der Waals surface area contributed by atoms with Gasteiger partial charge >= 0.3 is 5.97 Å². The molecule has 0 radical (unpaired) electrons. The summed E-state index contributed by atoms with van der Waals surface area (Å²) in [6.07, 6.45) is 2.85. The molecule has 8 heteroatoms. The number of hydrogen-bond donors (Lipinski definition) is 1. The Morgan fingerprint density at radius 1 is 0.900 bits per heavy atom. The van der Waals surface area contributed by atoms with Crippen LogP contribution in [-0.2, 0) is 0 Å². The summed E-state index contributed by atoms with van der Waals surface area (Å²) >= 11 is 0. The molecule has 0 bridgehead atoms. The number of allylic oxidation sites excluding steroid dienone is 1. The second kappa shape index (κ2) is 13.4. The van der Waals surface area contributed by atoms with Crippen LogP contribution >= 0.6 is 0 Å². The standard InChI is InChI=1S/C32H34N2O6/c1-4-7-17-38-27-15-10-22(18-29(27)36-6-3)30-25-14-13-24(19-28(25)40-31(34)26(30)20-33)39-32(35)21-8-11-23(12-9-21)37-16-5-2/h8-15,18-19,30H,4-7,16-17,34H2,1-3H3. The maximum Gasteiger partial charge on any atom is 0.343 e. The summed E-state index contributed by atoms with van der Waals surface area (Å²) in [5.41, 5.74) is 8.37. The minimum Gasteiger partial charge on any atom is -0.494 e. The lowest BCUT2D eigenvalue weighted by atomic mass is 9.83.